The second-order valence-electron chi connectivity index (χ2n) is 3.76. The van der Waals surface area contributed by atoms with Crippen molar-refractivity contribution in [2.45, 2.75) is 0 Å². The van der Waals surface area contributed by atoms with Crippen molar-refractivity contribution in [3.8, 4) is 5.75 Å². The molecule has 3 aromatic rings. The molecule has 0 saturated heterocycles. The molecule has 0 atom stereocenters. The standard InChI is InChI=1S/C14H10O3.2ClH/c1-16-11-7-4-8-12-13(11)14(15)9-5-2-3-6-10(9)17-12;;/h2-8H,1H3;2*1H. The Hall–Kier alpha value is -1.71. The van der Waals surface area contributed by atoms with Gasteiger partial charge in [0.05, 0.1) is 12.5 Å². The molecule has 19 heavy (non-hydrogen) atoms. The highest BCUT2D eigenvalue weighted by Gasteiger charge is 2.10. The molecule has 1 aromatic heterocycles. The minimum atomic E-state index is -0.0562. The molecular formula is C14H12Cl2O3. The fourth-order valence-electron chi connectivity index (χ4n) is 1.99. The maximum absolute atomic E-state index is 12.3. The fourth-order valence-corrected chi connectivity index (χ4v) is 1.99. The zero-order valence-corrected chi connectivity index (χ0v) is 11.7. The first-order valence-electron chi connectivity index (χ1n) is 5.30. The maximum atomic E-state index is 12.3. The molecule has 0 aliphatic rings. The molecule has 2 aromatic carbocycles. The largest absolute Gasteiger partial charge is 0.496 e. The van der Waals surface area contributed by atoms with Gasteiger partial charge in [0, 0.05) is 0 Å². The highest BCUT2D eigenvalue weighted by atomic mass is 35.5. The Morgan fingerprint density at radius 1 is 0.947 bits per heavy atom. The summed E-state index contributed by atoms with van der Waals surface area (Å²) in [5.41, 5.74) is 1.09. The molecular weight excluding hydrogens is 287 g/mol. The Balaban J connectivity index is 0.000000902. The van der Waals surface area contributed by atoms with E-state index < -0.39 is 0 Å². The summed E-state index contributed by atoms with van der Waals surface area (Å²) in [7, 11) is 1.55. The van der Waals surface area contributed by atoms with Gasteiger partial charge in [0.25, 0.3) is 0 Å². The van der Waals surface area contributed by atoms with E-state index in [4.69, 9.17) is 9.15 Å². The van der Waals surface area contributed by atoms with Crippen molar-refractivity contribution in [3.05, 3.63) is 52.7 Å². The normalized spacial score (nSPS) is 9.74. The molecule has 0 N–H and O–H groups in total. The van der Waals surface area contributed by atoms with Crippen molar-refractivity contribution in [2.75, 3.05) is 7.11 Å². The molecule has 100 valence electrons. The summed E-state index contributed by atoms with van der Waals surface area (Å²) in [5, 5.41) is 1.07. The van der Waals surface area contributed by atoms with Gasteiger partial charge in [-0.3, -0.25) is 4.79 Å². The topological polar surface area (TPSA) is 39.4 Å². The van der Waals surface area contributed by atoms with Gasteiger partial charge >= 0.3 is 0 Å². The second-order valence-corrected chi connectivity index (χ2v) is 3.76. The van der Waals surface area contributed by atoms with Gasteiger partial charge in [0.2, 0.25) is 5.43 Å². The Bertz CT molecular complexity index is 765. The maximum Gasteiger partial charge on any atom is 0.204 e. The second kappa shape index (κ2) is 5.95. The van der Waals surface area contributed by atoms with Crippen LogP contribution in [0.1, 0.15) is 0 Å². The first-order chi connectivity index (χ1) is 8.31. The Morgan fingerprint density at radius 2 is 1.63 bits per heavy atom. The van der Waals surface area contributed by atoms with Gasteiger partial charge in [0.1, 0.15) is 22.3 Å². The lowest BCUT2D eigenvalue weighted by molar-refractivity contribution is 0.419. The molecule has 0 amide bonds. The third kappa shape index (κ3) is 2.39. The predicted octanol–water partition coefficient (Wildman–Crippen LogP) is 3.80. The SMILES string of the molecule is COc1cccc2oc3ccccc3c(=O)c12.Cl.Cl. The van der Waals surface area contributed by atoms with Crippen molar-refractivity contribution in [3.63, 3.8) is 0 Å². The number of benzene rings is 2. The number of halogens is 2. The van der Waals surface area contributed by atoms with Crippen LogP contribution in [0, 0.1) is 0 Å². The molecule has 5 heteroatoms. The Labute approximate surface area is 122 Å². The number of fused-ring (bicyclic) bond motifs is 2. The van der Waals surface area contributed by atoms with Gasteiger partial charge in [-0.1, -0.05) is 18.2 Å². The van der Waals surface area contributed by atoms with E-state index >= 15 is 0 Å². The molecule has 0 aliphatic heterocycles. The van der Waals surface area contributed by atoms with Gasteiger partial charge < -0.3 is 9.15 Å². The molecule has 0 spiro atoms. The van der Waals surface area contributed by atoms with Crippen LogP contribution >= 0.6 is 24.8 Å². The molecule has 0 unspecified atom stereocenters. The van der Waals surface area contributed by atoms with Gasteiger partial charge in [-0.2, -0.15) is 0 Å². The molecule has 3 nitrogen and oxygen atoms in total. The first-order valence-corrected chi connectivity index (χ1v) is 5.30. The molecule has 0 saturated carbocycles. The summed E-state index contributed by atoms with van der Waals surface area (Å²) < 4.78 is 10.9. The monoisotopic (exact) mass is 298 g/mol. The number of hydrogen-bond acceptors (Lipinski definition) is 3. The summed E-state index contributed by atoms with van der Waals surface area (Å²) in [5.74, 6) is 0.544. The highest BCUT2D eigenvalue weighted by molar-refractivity contribution is 5.93. The minimum absolute atomic E-state index is 0. The van der Waals surface area contributed by atoms with E-state index in [0.717, 1.165) is 0 Å². The number of hydrogen-bond donors (Lipinski definition) is 0. The van der Waals surface area contributed by atoms with Crippen molar-refractivity contribution in [1.82, 2.24) is 0 Å². The smallest absolute Gasteiger partial charge is 0.204 e. The van der Waals surface area contributed by atoms with E-state index in [0.29, 0.717) is 27.7 Å². The van der Waals surface area contributed by atoms with Crippen LogP contribution < -0.4 is 10.2 Å². The molecule has 0 bridgehead atoms. The van der Waals surface area contributed by atoms with Crippen molar-refractivity contribution in [1.29, 1.82) is 0 Å². The van der Waals surface area contributed by atoms with Crippen LogP contribution in [-0.2, 0) is 0 Å². The van der Waals surface area contributed by atoms with Crippen LogP contribution in [0.15, 0.2) is 51.7 Å². The molecule has 3 rings (SSSR count). The highest BCUT2D eigenvalue weighted by Crippen LogP contribution is 2.25. The van der Waals surface area contributed by atoms with E-state index in [9.17, 15) is 4.79 Å². The summed E-state index contributed by atoms with van der Waals surface area (Å²) >= 11 is 0. The van der Waals surface area contributed by atoms with Gasteiger partial charge in [0.15, 0.2) is 0 Å². The van der Waals surface area contributed by atoms with Crippen LogP contribution in [-0.4, -0.2) is 7.11 Å². The van der Waals surface area contributed by atoms with Crippen LogP contribution in [0.5, 0.6) is 5.75 Å². The van der Waals surface area contributed by atoms with Gasteiger partial charge in [-0.05, 0) is 24.3 Å². The molecule has 0 radical (unpaired) electrons. The van der Waals surface area contributed by atoms with E-state index in [1.807, 2.05) is 12.1 Å². The average Bonchev–Trinajstić information content (AvgIpc) is 2.38. The van der Waals surface area contributed by atoms with Crippen LogP contribution in [0.3, 0.4) is 0 Å². The quantitative estimate of drug-likeness (QED) is 0.642. The van der Waals surface area contributed by atoms with Crippen LogP contribution in [0.2, 0.25) is 0 Å². The Morgan fingerprint density at radius 3 is 2.37 bits per heavy atom. The third-order valence-electron chi connectivity index (χ3n) is 2.79. The number of rotatable bonds is 1. The third-order valence-corrected chi connectivity index (χ3v) is 2.79. The summed E-state index contributed by atoms with van der Waals surface area (Å²) in [6.45, 7) is 0. The lowest BCUT2D eigenvalue weighted by Gasteiger charge is -2.05. The van der Waals surface area contributed by atoms with Crippen molar-refractivity contribution >= 4 is 46.8 Å². The van der Waals surface area contributed by atoms with Crippen LogP contribution in [0.25, 0.3) is 21.9 Å². The minimum Gasteiger partial charge on any atom is -0.496 e. The van der Waals surface area contributed by atoms with Gasteiger partial charge in [-0.15, -0.1) is 24.8 Å². The first kappa shape index (κ1) is 15.3. The van der Waals surface area contributed by atoms with Gasteiger partial charge in [-0.25, -0.2) is 0 Å². The number of methoxy groups -OCH3 is 1. The molecule has 1 heterocycles. The average molecular weight is 299 g/mol. The predicted molar refractivity (Wildman–Crippen MR) is 81.0 cm³/mol. The summed E-state index contributed by atoms with van der Waals surface area (Å²) in [4.78, 5) is 12.3. The van der Waals surface area contributed by atoms with E-state index in [2.05, 4.69) is 0 Å². The lowest BCUT2D eigenvalue weighted by atomic mass is 10.1. The Kier molecular flexibility index (Phi) is 4.81. The number of ether oxygens (including phenoxy) is 1. The van der Waals surface area contributed by atoms with E-state index in [-0.39, 0.29) is 30.2 Å². The zero-order valence-electron chi connectivity index (χ0n) is 10.1. The lowest BCUT2D eigenvalue weighted by Crippen LogP contribution is -2.03. The number of para-hydroxylation sites is 1. The van der Waals surface area contributed by atoms with Crippen LogP contribution in [0.4, 0.5) is 0 Å². The zero-order chi connectivity index (χ0) is 11.8. The van der Waals surface area contributed by atoms with Crippen molar-refractivity contribution in [2.24, 2.45) is 0 Å². The van der Waals surface area contributed by atoms with E-state index in [1.165, 1.54) is 0 Å². The fraction of sp³-hybridized carbons (Fsp3) is 0.0714. The molecule has 0 aliphatic carbocycles. The summed E-state index contributed by atoms with van der Waals surface area (Å²) in [6.07, 6.45) is 0. The van der Waals surface area contributed by atoms with E-state index in [1.54, 1.807) is 37.4 Å². The molecule has 0 fully saturated rings. The summed E-state index contributed by atoms with van der Waals surface area (Å²) in [6, 6.07) is 12.5. The van der Waals surface area contributed by atoms with Crippen molar-refractivity contribution < 1.29 is 9.15 Å².